The summed E-state index contributed by atoms with van der Waals surface area (Å²) >= 11 is 1.85. The molecule has 1 aliphatic heterocycles. The van der Waals surface area contributed by atoms with Gasteiger partial charge < -0.3 is 4.42 Å². The van der Waals surface area contributed by atoms with E-state index in [0.717, 1.165) is 55.5 Å². The van der Waals surface area contributed by atoms with Gasteiger partial charge in [0.05, 0.1) is 16.7 Å². The number of nitrogens with zero attached hydrogens (tertiary/aromatic N) is 4. The fraction of sp³-hybridized carbons (Fsp3) is 0. The quantitative estimate of drug-likeness (QED) is 0.186. The molecule has 4 aromatic heterocycles. The molecular formula is C46H26N4OS. The van der Waals surface area contributed by atoms with E-state index in [9.17, 15) is 0 Å². The Bertz CT molecular complexity index is 3290. The maximum atomic E-state index is 6.48. The van der Waals surface area contributed by atoms with Gasteiger partial charge in [0.15, 0.2) is 11.4 Å². The van der Waals surface area contributed by atoms with Gasteiger partial charge in [-0.3, -0.25) is 9.13 Å². The number of fused-ring (bicyclic) bond motifs is 11. The highest BCUT2D eigenvalue weighted by Gasteiger charge is 2.28. The third-order valence-electron chi connectivity index (χ3n) is 10.5. The monoisotopic (exact) mass is 682 g/mol. The van der Waals surface area contributed by atoms with Gasteiger partial charge in [0.25, 0.3) is 0 Å². The molecule has 12 rings (SSSR count). The Kier molecular flexibility index (Phi) is 5.65. The molecule has 0 saturated heterocycles. The van der Waals surface area contributed by atoms with Crippen LogP contribution in [0.1, 0.15) is 0 Å². The number of hydrogen-bond donors (Lipinski definition) is 0. The number of rotatable bonds is 3. The van der Waals surface area contributed by atoms with Crippen molar-refractivity contribution in [3.05, 3.63) is 158 Å². The van der Waals surface area contributed by atoms with Crippen molar-refractivity contribution >= 4 is 77.4 Å². The van der Waals surface area contributed by atoms with Gasteiger partial charge in [-0.05, 0) is 65.4 Å². The zero-order valence-corrected chi connectivity index (χ0v) is 28.4. The van der Waals surface area contributed by atoms with E-state index in [1.54, 1.807) is 0 Å². The second kappa shape index (κ2) is 10.4. The molecule has 7 aromatic carbocycles. The van der Waals surface area contributed by atoms with E-state index in [0.29, 0.717) is 11.4 Å². The summed E-state index contributed by atoms with van der Waals surface area (Å²) in [6.07, 6.45) is 0. The lowest BCUT2D eigenvalue weighted by molar-refractivity contribution is 0.667. The Labute approximate surface area is 301 Å². The first-order chi connectivity index (χ1) is 25.8. The second-order valence-corrected chi connectivity index (χ2v) is 14.5. The summed E-state index contributed by atoms with van der Waals surface area (Å²) in [4.78, 5) is 13.0. The number of para-hydroxylation sites is 4. The summed E-state index contributed by atoms with van der Waals surface area (Å²) in [7, 11) is 0. The molecule has 0 saturated carbocycles. The van der Waals surface area contributed by atoms with Crippen molar-refractivity contribution in [2.24, 2.45) is 0 Å². The van der Waals surface area contributed by atoms with Gasteiger partial charge in [-0.1, -0.05) is 115 Å². The normalized spacial score (nSPS) is 12.5. The number of benzene rings is 7. The summed E-state index contributed by atoms with van der Waals surface area (Å²) in [6, 6.07) is 55.9. The number of furan rings is 1. The highest BCUT2D eigenvalue weighted by molar-refractivity contribution is 7.99. The molecule has 0 fully saturated rings. The van der Waals surface area contributed by atoms with E-state index in [4.69, 9.17) is 14.4 Å². The molecule has 5 heterocycles. The summed E-state index contributed by atoms with van der Waals surface area (Å²) in [5.41, 5.74) is 10.8. The number of aromatic nitrogens is 4. The molecule has 0 bridgehead atoms. The topological polar surface area (TPSA) is 48.8 Å². The predicted molar refractivity (Wildman–Crippen MR) is 213 cm³/mol. The Balaban J connectivity index is 1.14. The van der Waals surface area contributed by atoms with Crippen LogP contribution in [0.4, 0.5) is 0 Å². The van der Waals surface area contributed by atoms with Crippen LogP contribution in [0, 0.1) is 0 Å². The van der Waals surface area contributed by atoms with Crippen molar-refractivity contribution in [2.75, 3.05) is 0 Å². The van der Waals surface area contributed by atoms with E-state index >= 15 is 0 Å². The average Bonchev–Trinajstić information content (AvgIpc) is 3.86. The fourth-order valence-corrected chi connectivity index (χ4v) is 9.32. The summed E-state index contributed by atoms with van der Waals surface area (Å²) in [5.74, 6) is 0.655. The van der Waals surface area contributed by atoms with Crippen LogP contribution < -0.4 is 0 Å². The predicted octanol–water partition coefficient (Wildman–Crippen LogP) is 12.4. The molecule has 0 N–H and O–H groups in total. The van der Waals surface area contributed by atoms with Crippen molar-refractivity contribution < 1.29 is 4.42 Å². The van der Waals surface area contributed by atoms with Crippen molar-refractivity contribution in [1.82, 2.24) is 19.1 Å². The Hall–Kier alpha value is -6.63. The first kappa shape index (κ1) is 28.1. The van der Waals surface area contributed by atoms with Gasteiger partial charge in [0.2, 0.25) is 0 Å². The Morgan fingerprint density at radius 2 is 1.31 bits per heavy atom. The molecule has 6 heteroatoms. The van der Waals surface area contributed by atoms with E-state index in [2.05, 4.69) is 149 Å². The molecule has 0 atom stereocenters. The molecule has 242 valence electrons. The summed E-state index contributed by atoms with van der Waals surface area (Å²) in [5, 5.41) is 7.07. The van der Waals surface area contributed by atoms with E-state index < -0.39 is 0 Å². The lowest BCUT2D eigenvalue weighted by Crippen LogP contribution is -2.05. The molecule has 0 unspecified atom stereocenters. The van der Waals surface area contributed by atoms with Crippen molar-refractivity contribution in [2.45, 2.75) is 9.79 Å². The zero-order valence-electron chi connectivity index (χ0n) is 27.6. The van der Waals surface area contributed by atoms with Crippen LogP contribution in [-0.4, -0.2) is 19.1 Å². The van der Waals surface area contributed by atoms with Crippen LogP contribution in [0.15, 0.2) is 172 Å². The van der Waals surface area contributed by atoms with E-state index in [-0.39, 0.29) is 0 Å². The molecule has 11 aromatic rings. The summed E-state index contributed by atoms with van der Waals surface area (Å²) < 4.78 is 11.4. The first-order valence-corrected chi connectivity index (χ1v) is 18.2. The average molecular weight is 683 g/mol. The maximum Gasteiger partial charge on any atom is 0.180 e. The lowest BCUT2D eigenvalue weighted by atomic mass is 10.0. The van der Waals surface area contributed by atoms with Gasteiger partial charge in [-0.25, -0.2) is 9.97 Å². The van der Waals surface area contributed by atoms with Crippen LogP contribution in [0.25, 0.3) is 99.7 Å². The van der Waals surface area contributed by atoms with Crippen LogP contribution in [0.2, 0.25) is 0 Å². The molecular weight excluding hydrogens is 657 g/mol. The third kappa shape index (κ3) is 3.84. The fourth-order valence-electron chi connectivity index (χ4n) is 8.23. The largest absolute Gasteiger partial charge is 0.452 e. The molecule has 5 nitrogen and oxygen atoms in total. The minimum atomic E-state index is 0.655. The van der Waals surface area contributed by atoms with E-state index in [1.165, 1.54) is 42.5 Å². The minimum absolute atomic E-state index is 0.655. The molecule has 0 aliphatic carbocycles. The van der Waals surface area contributed by atoms with E-state index in [1.807, 2.05) is 30.0 Å². The lowest BCUT2D eigenvalue weighted by Gasteiger charge is -2.21. The molecule has 1 aliphatic rings. The Morgan fingerprint density at radius 3 is 2.27 bits per heavy atom. The highest BCUT2D eigenvalue weighted by Crippen LogP contribution is 2.49. The van der Waals surface area contributed by atoms with Crippen LogP contribution in [0.3, 0.4) is 0 Å². The van der Waals surface area contributed by atoms with Crippen LogP contribution in [0.5, 0.6) is 0 Å². The minimum Gasteiger partial charge on any atom is -0.452 e. The standard InChI is InChI=1S/C46H26N4OS/c1-2-12-28-25-29(24-23-27(28)11-1)41-44-42(33-16-4-7-20-37(33)51-44)48-45(47-41)30-13-9-14-31(26-30)49-35-18-5-3-15-32(35)40-34-17-10-22-39-43(34)50(46(40)49)36-19-6-8-21-38(36)52-39/h1-26H. The smallest absolute Gasteiger partial charge is 0.180 e. The third-order valence-corrected chi connectivity index (χ3v) is 11.6. The van der Waals surface area contributed by atoms with Crippen LogP contribution in [-0.2, 0) is 0 Å². The van der Waals surface area contributed by atoms with Gasteiger partial charge in [-0.15, -0.1) is 0 Å². The molecule has 52 heavy (non-hydrogen) atoms. The first-order valence-electron chi connectivity index (χ1n) is 17.4. The summed E-state index contributed by atoms with van der Waals surface area (Å²) in [6.45, 7) is 0. The van der Waals surface area contributed by atoms with Crippen LogP contribution >= 0.6 is 11.8 Å². The van der Waals surface area contributed by atoms with Gasteiger partial charge in [-0.2, -0.15) is 0 Å². The van der Waals surface area contributed by atoms with Gasteiger partial charge >= 0.3 is 0 Å². The number of hydrogen-bond acceptors (Lipinski definition) is 4. The molecule has 0 amide bonds. The van der Waals surface area contributed by atoms with Crippen molar-refractivity contribution in [3.63, 3.8) is 0 Å². The van der Waals surface area contributed by atoms with Crippen molar-refractivity contribution in [1.29, 1.82) is 0 Å². The maximum absolute atomic E-state index is 6.48. The SMILES string of the molecule is c1cc(-c2nc(-c3ccc4ccccc4c3)c3oc4ccccc4c3n2)cc(-n2c3ccccc3c3c4cccc5c4n(c32)-c2ccccc2S5)c1. The van der Waals surface area contributed by atoms with Crippen molar-refractivity contribution in [3.8, 4) is 34.0 Å². The zero-order chi connectivity index (χ0) is 33.9. The second-order valence-electron chi connectivity index (χ2n) is 13.4. The molecule has 0 radical (unpaired) electrons. The highest BCUT2D eigenvalue weighted by atomic mass is 32.2. The van der Waals surface area contributed by atoms with Gasteiger partial charge in [0.1, 0.15) is 22.4 Å². The van der Waals surface area contributed by atoms with Gasteiger partial charge in [0, 0.05) is 48.2 Å². The molecule has 0 spiro atoms. The Morgan fingerprint density at radius 1 is 0.538 bits per heavy atom.